The zero-order valence-electron chi connectivity index (χ0n) is 11.6. The molecule has 2 unspecified atom stereocenters. The molecule has 100 valence electrons. The number of rotatable bonds is 4. The first kappa shape index (κ1) is 13.2. The molecule has 0 aromatic carbocycles. The van der Waals surface area contributed by atoms with Crippen molar-refractivity contribution in [2.24, 2.45) is 11.8 Å². The molecule has 0 spiro atoms. The molecule has 2 atom stereocenters. The van der Waals surface area contributed by atoms with Gasteiger partial charge in [-0.2, -0.15) is 0 Å². The molecule has 0 amide bonds. The van der Waals surface area contributed by atoms with Crippen molar-refractivity contribution < 1.29 is 0 Å². The Bertz CT molecular complexity index is 389. The zero-order valence-corrected chi connectivity index (χ0v) is 11.6. The van der Waals surface area contributed by atoms with Crippen LogP contribution in [0, 0.1) is 18.8 Å². The summed E-state index contributed by atoms with van der Waals surface area (Å²) in [5.74, 6) is 2.77. The van der Waals surface area contributed by atoms with Crippen LogP contribution in [0.4, 0.5) is 11.5 Å². The van der Waals surface area contributed by atoms with Crippen LogP contribution in [-0.2, 0) is 0 Å². The van der Waals surface area contributed by atoms with Gasteiger partial charge in [-0.3, -0.25) is 0 Å². The Hall–Kier alpha value is -1.25. The van der Waals surface area contributed by atoms with Crippen LogP contribution in [0.2, 0.25) is 0 Å². The van der Waals surface area contributed by atoms with E-state index in [0.717, 1.165) is 35.4 Å². The van der Waals surface area contributed by atoms with Gasteiger partial charge in [0.05, 0.1) is 11.9 Å². The first-order valence-corrected chi connectivity index (χ1v) is 7.11. The number of nitrogens with two attached hydrogens (primary N) is 1. The number of aryl methyl sites for hydroxylation is 1. The van der Waals surface area contributed by atoms with E-state index in [1.807, 2.05) is 13.0 Å². The predicted octanol–water partition coefficient (Wildman–Crippen LogP) is 3.60. The molecule has 1 saturated carbocycles. The number of hydrogen-bond donors (Lipinski definition) is 2. The lowest BCUT2D eigenvalue weighted by Gasteiger charge is -2.26. The van der Waals surface area contributed by atoms with Crippen LogP contribution in [-0.4, -0.2) is 11.5 Å². The maximum Gasteiger partial charge on any atom is 0.126 e. The molecule has 1 aromatic heterocycles. The first-order valence-electron chi connectivity index (χ1n) is 7.11. The molecule has 1 heterocycles. The number of nitrogens with one attached hydrogen (secondary N) is 1. The summed E-state index contributed by atoms with van der Waals surface area (Å²) in [6.45, 7) is 5.42. The zero-order chi connectivity index (χ0) is 13.0. The van der Waals surface area contributed by atoms with Gasteiger partial charge in [-0.15, -0.1) is 0 Å². The van der Waals surface area contributed by atoms with Crippen LogP contribution in [0.15, 0.2) is 12.3 Å². The van der Waals surface area contributed by atoms with E-state index in [4.69, 9.17) is 5.73 Å². The Morgan fingerprint density at radius 1 is 1.44 bits per heavy atom. The second-order valence-corrected chi connectivity index (χ2v) is 5.78. The number of hydrogen-bond acceptors (Lipinski definition) is 3. The summed E-state index contributed by atoms with van der Waals surface area (Å²) in [5, 5.41) is 3.41. The van der Waals surface area contributed by atoms with Crippen LogP contribution in [0.1, 0.15) is 44.6 Å². The average Bonchev–Trinajstić information content (AvgIpc) is 2.34. The number of nitrogen functional groups attached to an aromatic ring is 1. The van der Waals surface area contributed by atoms with Crippen molar-refractivity contribution in [3.05, 3.63) is 17.8 Å². The minimum Gasteiger partial charge on any atom is -0.397 e. The Labute approximate surface area is 110 Å². The molecule has 0 radical (unpaired) electrons. The summed E-state index contributed by atoms with van der Waals surface area (Å²) in [7, 11) is 0. The van der Waals surface area contributed by atoms with Crippen molar-refractivity contribution in [3.63, 3.8) is 0 Å². The van der Waals surface area contributed by atoms with Gasteiger partial charge in [0.15, 0.2) is 0 Å². The number of anilines is 2. The van der Waals surface area contributed by atoms with Gasteiger partial charge in [-0.1, -0.05) is 26.2 Å². The molecule has 3 N–H and O–H groups in total. The third kappa shape index (κ3) is 3.62. The van der Waals surface area contributed by atoms with Gasteiger partial charge < -0.3 is 11.1 Å². The van der Waals surface area contributed by atoms with E-state index in [9.17, 15) is 0 Å². The molecule has 3 heteroatoms. The van der Waals surface area contributed by atoms with E-state index >= 15 is 0 Å². The van der Waals surface area contributed by atoms with Gasteiger partial charge in [-0.05, 0) is 43.2 Å². The van der Waals surface area contributed by atoms with E-state index in [2.05, 4.69) is 17.2 Å². The van der Waals surface area contributed by atoms with Gasteiger partial charge in [0.1, 0.15) is 5.82 Å². The fourth-order valence-electron chi connectivity index (χ4n) is 2.89. The molecule has 1 aliphatic carbocycles. The Kier molecular flexibility index (Phi) is 4.45. The monoisotopic (exact) mass is 247 g/mol. The van der Waals surface area contributed by atoms with Gasteiger partial charge in [0.2, 0.25) is 0 Å². The van der Waals surface area contributed by atoms with E-state index in [1.54, 1.807) is 6.20 Å². The van der Waals surface area contributed by atoms with Crippen molar-refractivity contribution in [2.75, 3.05) is 17.6 Å². The van der Waals surface area contributed by atoms with Crippen molar-refractivity contribution in [3.8, 4) is 0 Å². The lowest BCUT2D eigenvalue weighted by Crippen LogP contribution is -2.16. The van der Waals surface area contributed by atoms with Crippen molar-refractivity contribution in [1.29, 1.82) is 0 Å². The molecular weight excluding hydrogens is 222 g/mol. The minimum absolute atomic E-state index is 0.765. The standard InChI is InChI=1S/C15H25N3/c1-11-4-3-5-13(8-11)6-7-17-15-9-12(2)14(16)10-18-15/h9-11,13H,3-8,16H2,1-2H3,(H,17,18). The summed E-state index contributed by atoms with van der Waals surface area (Å²) in [5.41, 5.74) is 7.62. The summed E-state index contributed by atoms with van der Waals surface area (Å²) in [4.78, 5) is 4.30. The quantitative estimate of drug-likeness (QED) is 0.854. The summed E-state index contributed by atoms with van der Waals surface area (Å²) in [6, 6.07) is 2.03. The third-order valence-corrected chi connectivity index (χ3v) is 4.05. The molecule has 0 bridgehead atoms. The second kappa shape index (κ2) is 6.07. The molecule has 1 aromatic rings. The van der Waals surface area contributed by atoms with E-state index in [1.165, 1.54) is 32.1 Å². The van der Waals surface area contributed by atoms with Crippen molar-refractivity contribution in [1.82, 2.24) is 4.98 Å². The lowest BCUT2D eigenvalue weighted by molar-refractivity contribution is 0.274. The van der Waals surface area contributed by atoms with Gasteiger partial charge in [0, 0.05) is 6.54 Å². The van der Waals surface area contributed by atoms with Crippen molar-refractivity contribution in [2.45, 2.75) is 46.0 Å². The smallest absolute Gasteiger partial charge is 0.126 e. The fourth-order valence-corrected chi connectivity index (χ4v) is 2.89. The maximum absolute atomic E-state index is 5.76. The predicted molar refractivity (Wildman–Crippen MR) is 77.6 cm³/mol. The molecule has 3 nitrogen and oxygen atoms in total. The van der Waals surface area contributed by atoms with Crippen LogP contribution in [0.5, 0.6) is 0 Å². The number of aromatic nitrogens is 1. The Balaban J connectivity index is 1.76. The molecule has 0 aliphatic heterocycles. The Morgan fingerprint density at radius 3 is 3.00 bits per heavy atom. The average molecular weight is 247 g/mol. The Morgan fingerprint density at radius 2 is 2.28 bits per heavy atom. The van der Waals surface area contributed by atoms with Gasteiger partial charge in [0.25, 0.3) is 0 Å². The SMILES string of the molecule is Cc1cc(NCCC2CCCC(C)C2)ncc1N. The topological polar surface area (TPSA) is 50.9 Å². The molecule has 0 saturated heterocycles. The first-order chi connectivity index (χ1) is 8.65. The normalized spacial score (nSPS) is 23.9. The third-order valence-electron chi connectivity index (χ3n) is 4.05. The lowest BCUT2D eigenvalue weighted by atomic mass is 9.81. The molecule has 18 heavy (non-hydrogen) atoms. The molecule has 2 rings (SSSR count). The number of nitrogens with zero attached hydrogens (tertiary/aromatic N) is 1. The summed E-state index contributed by atoms with van der Waals surface area (Å²) < 4.78 is 0. The minimum atomic E-state index is 0.765. The highest BCUT2D eigenvalue weighted by Gasteiger charge is 2.18. The van der Waals surface area contributed by atoms with Gasteiger partial charge in [-0.25, -0.2) is 4.98 Å². The fraction of sp³-hybridized carbons (Fsp3) is 0.667. The van der Waals surface area contributed by atoms with Crippen LogP contribution < -0.4 is 11.1 Å². The van der Waals surface area contributed by atoms with Crippen molar-refractivity contribution >= 4 is 11.5 Å². The highest BCUT2D eigenvalue weighted by atomic mass is 15.0. The van der Waals surface area contributed by atoms with E-state index < -0.39 is 0 Å². The van der Waals surface area contributed by atoms with Gasteiger partial charge >= 0.3 is 0 Å². The summed E-state index contributed by atoms with van der Waals surface area (Å²) in [6.07, 6.45) is 8.62. The summed E-state index contributed by atoms with van der Waals surface area (Å²) >= 11 is 0. The second-order valence-electron chi connectivity index (χ2n) is 5.78. The molecule has 1 aliphatic rings. The highest BCUT2D eigenvalue weighted by molar-refractivity contribution is 5.50. The van der Waals surface area contributed by atoms with Crippen LogP contribution >= 0.6 is 0 Å². The highest BCUT2D eigenvalue weighted by Crippen LogP contribution is 2.30. The van der Waals surface area contributed by atoms with E-state index in [-0.39, 0.29) is 0 Å². The molecular formula is C15H25N3. The molecule has 1 fully saturated rings. The number of pyridine rings is 1. The van der Waals surface area contributed by atoms with Crippen LogP contribution in [0.25, 0.3) is 0 Å². The van der Waals surface area contributed by atoms with E-state index in [0.29, 0.717) is 0 Å². The van der Waals surface area contributed by atoms with Crippen LogP contribution in [0.3, 0.4) is 0 Å². The maximum atomic E-state index is 5.76. The largest absolute Gasteiger partial charge is 0.397 e.